The van der Waals surface area contributed by atoms with Crippen LogP contribution in [0.3, 0.4) is 0 Å². The quantitative estimate of drug-likeness (QED) is 0.571. The molecule has 6 aliphatic rings. The zero-order chi connectivity index (χ0) is 22.6. The van der Waals surface area contributed by atoms with Crippen molar-refractivity contribution in [2.24, 2.45) is 39.9 Å². The first-order chi connectivity index (χ1) is 15.0. The Balaban J connectivity index is 1.42. The molecule has 6 rings (SSSR count). The summed E-state index contributed by atoms with van der Waals surface area (Å²) in [6.45, 7) is 14.5. The Morgan fingerprint density at radius 1 is 0.812 bits per heavy atom. The predicted molar refractivity (Wildman–Crippen MR) is 121 cm³/mol. The summed E-state index contributed by atoms with van der Waals surface area (Å²) in [5.74, 6) is 1.06. The van der Waals surface area contributed by atoms with E-state index in [1.165, 1.54) is 12.8 Å². The standard InChI is InChI=1S/C27H44O5/c1-22(2,3)26(28)17-24(5)20(8-9-27(24)31-14-15-32-27)19-7-6-18-16-25(29-12-13-30-25)11-10-23(18,4)21(19)26/h18-21,28H,6-17H2,1-5H3/t18?,19?,20?,21-,23?,24?,26?/m0/s1. The van der Waals surface area contributed by atoms with Crippen molar-refractivity contribution in [1.82, 2.24) is 0 Å². The second kappa shape index (κ2) is 6.72. The van der Waals surface area contributed by atoms with Crippen molar-refractivity contribution in [3.05, 3.63) is 0 Å². The monoisotopic (exact) mass is 448 g/mol. The van der Waals surface area contributed by atoms with Gasteiger partial charge < -0.3 is 24.1 Å². The number of hydrogen-bond acceptors (Lipinski definition) is 5. The van der Waals surface area contributed by atoms with Gasteiger partial charge in [-0.3, -0.25) is 0 Å². The van der Waals surface area contributed by atoms with E-state index < -0.39 is 11.4 Å². The topological polar surface area (TPSA) is 57.2 Å². The zero-order valence-corrected chi connectivity index (χ0v) is 20.9. The van der Waals surface area contributed by atoms with Crippen molar-refractivity contribution in [2.45, 2.75) is 103 Å². The van der Waals surface area contributed by atoms with E-state index in [0.717, 1.165) is 51.7 Å². The summed E-state index contributed by atoms with van der Waals surface area (Å²) >= 11 is 0. The van der Waals surface area contributed by atoms with Crippen molar-refractivity contribution in [1.29, 1.82) is 0 Å². The van der Waals surface area contributed by atoms with Gasteiger partial charge in [-0.15, -0.1) is 0 Å². The largest absolute Gasteiger partial charge is 0.389 e. The molecule has 1 N–H and O–H groups in total. The van der Waals surface area contributed by atoms with Crippen LogP contribution >= 0.6 is 0 Å². The Labute approximate surface area is 193 Å². The van der Waals surface area contributed by atoms with Gasteiger partial charge in [0.1, 0.15) is 0 Å². The predicted octanol–water partition coefficient (Wildman–Crippen LogP) is 4.90. The Hall–Kier alpha value is -0.200. The molecule has 0 bridgehead atoms. The molecule has 6 unspecified atom stereocenters. The molecule has 5 heteroatoms. The fourth-order valence-corrected chi connectivity index (χ4v) is 9.87. The highest BCUT2D eigenvalue weighted by Gasteiger charge is 2.74. The molecule has 0 aromatic heterocycles. The van der Waals surface area contributed by atoms with Gasteiger partial charge in [-0.25, -0.2) is 0 Å². The number of fused-ring (bicyclic) bond motifs is 6. The molecular formula is C27H44O5. The number of rotatable bonds is 0. The van der Waals surface area contributed by atoms with Gasteiger partial charge >= 0.3 is 0 Å². The molecule has 7 atom stereocenters. The van der Waals surface area contributed by atoms with Crippen LogP contribution in [0.4, 0.5) is 0 Å². The summed E-state index contributed by atoms with van der Waals surface area (Å²) in [4.78, 5) is 0. The molecule has 6 fully saturated rings. The maximum absolute atomic E-state index is 12.8. The Bertz CT molecular complexity index is 762. The van der Waals surface area contributed by atoms with Crippen molar-refractivity contribution in [3.8, 4) is 0 Å². The second-order valence-electron chi connectivity index (χ2n) is 13.6. The lowest BCUT2D eigenvalue weighted by Crippen LogP contribution is -2.70. The molecule has 2 aliphatic heterocycles. The average Bonchev–Trinajstić information content (AvgIpc) is 3.43. The molecule has 2 spiro atoms. The molecule has 0 aromatic rings. The van der Waals surface area contributed by atoms with Crippen LogP contribution in [0, 0.1) is 39.9 Å². The normalized spacial score (nSPS) is 51.6. The molecular weight excluding hydrogens is 404 g/mol. The van der Waals surface area contributed by atoms with Gasteiger partial charge in [0.25, 0.3) is 0 Å². The van der Waals surface area contributed by atoms with E-state index in [1.807, 2.05) is 0 Å². The van der Waals surface area contributed by atoms with E-state index in [4.69, 9.17) is 18.9 Å². The maximum Gasteiger partial charge on any atom is 0.174 e. The van der Waals surface area contributed by atoms with E-state index in [0.29, 0.717) is 36.9 Å². The summed E-state index contributed by atoms with van der Waals surface area (Å²) in [5, 5.41) is 12.8. The van der Waals surface area contributed by atoms with Crippen LogP contribution in [-0.4, -0.2) is 48.7 Å². The van der Waals surface area contributed by atoms with Gasteiger partial charge in [0.05, 0.1) is 32.0 Å². The fourth-order valence-electron chi connectivity index (χ4n) is 9.87. The molecule has 5 nitrogen and oxygen atoms in total. The lowest BCUT2D eigenvalue weighted by atomic mass is 9.38. The van der Waals surface area contributed by atoms with Crippen LogP contribution in [0.5, 0.6) is 0 Å². The van der Waals surface area contributed by atoms with E-state index in [9.17, 15) is 5.11 Å². The summed E-state index contributed by atoms with van der Waals surface area (Å²) in [7, 11) is 0. The minimum atomic E-state index is -0.759. The van der Waals surface area contributed by atoms with Crippen molar-refractivity contribution in [3.63, 3.8) is 0 Å². The highest BCUT2D eigenvalue weighted by molar-refractivity contribution is 5.21. The fraction of sp³-hybridized carbons (Fsp3) is 1.00. The summed E-state index contributed by atoms with van der Waals surface area (Å²) in [6, 6.07) is 0. The van der Waals surface area contributed by atoms with E-state index in [1.54, 1.807) is 0 Å². The van der Waals surface area contributed by atoms with Crippen LogP contribution < -0.4 is 0 Å². The molecule has 0 aromatic carbocycles. The van der Waals surface area contributed by atoms with E-state index in [2.05, 4.69) is 34.6 Å². The van der Waals surface area contributed by atoms with Crippen LogP contribution in [0.15, 0.2) is 0 Å². The molecule has 182 valence electrons. The molecule has 0 radical (unpaired) electrons. The first-order valence-electron chi connectivity index (χ1n) is 13.3. The van der Waals surface area contributed by atoms with Gasteiger partial charge in [-0.1, -0.05) is 34.6 Å². The lowest BCUT2D eigenvalue weighted by Gasteiger charge is -2.69. The van der Waals surface area contributed by atoms with Crippen LogP contribution in [0.2, 0.25) is 0 Å². The van der Waals surface area contributed by atoms with Crippen molar-refractivity contribution < 1.29 is 24.1 Å². The van der Waals surface area contributed by atoms with Crippen molar-refractivity contribution >= 4 is 0 Å². The van der Waals surface area contributed by atoms with Crippen LogP contribution in [0.1, 0.15) is 86.0 Å². The summed E-state index contributed by atoms with van der Waals surface area (Å²) in [5.41, 5.74) is -0.999. The summed E-state index contributed by atoms with van der Waals surface area (Å²) in [6.07, 6.45) is 8.35. The zero-order valence-electron chi connectivity index (χ0n) is 20.9. The first kappa shape index (κ1) is 22.3. The maximum atomic E-state index is 12.8. The third-order valence-corrected chi connectivity index (χ3v) is 11.5. The van der Waals surface area contributed by atoms with Gasteiger partial charge in [-0.2, -0.15) is 0 Å². The van der Waals surface area contributed by atoms with Gasteiger partial charge in [0.15, 0.2) is 11.6 Å². The van der Waals surface area contributed by atoms with Crippen LogP contribution in [0.25, 0.3) is 0 Å². The molecule has 2 saturated heterocycles. The number of ether oxygens (including phenoxy) is 4. The van der Waals surface area contributed by atoms with Gasteiger partial charge in [0, 0.05) is 24.7 Å². The third kappa shape index (κ3) is 2.64. The van der Waals surface area contributed by atoms with E-state index >= 15 is 0 Å². The Morgan fingerprint density at radius 2 is 1.47 bits per heavy atom. The highest BCUT2D eigenvalue weighted by atomic mass is 16.7. The SMILES string of the molecule is CC12CCC3(CC1CCC1C4CCC5(OCCO5)C4(C)CC(O)(C(C)(C)C)[C@@H]12)OCCO3. The molecule has 32 heavy (non-hydrogen) atoms. The minimum absolute atomic E-state index is 0.111. The molecule has 4 aliphatic carbocycles. The second-order valence-corrected chi connectivity index (χ2v) is 13.6. The number of hydrogen-bond donors (Lipinski definition) is 1. The Kier molecular flexibility index (Phi) is 4.68. The van der Waals surface area contributed by atoms with Crippen molar-refractivity contribution in [2.75, 3.05) is 26.4 Å². The minimum Gasteiger partial charge on any atom is -0.389 e. The molecule has 0 amide bonds. The number of aliphatic hydroxyl groups is 1. The average molecular weight is 449 g/mol. The Morgan fingerprint density at radius 3 is 2.12 bits per heavy atom. The third-order valence-electron chi connectivity index (χ3n) is 11.5. The van der Waals surface area contributed by atoms with Gasteiger partial charge in [0.2, 0.25) is 0 Å². The molecule has 2 heterocycles. The highest BCUT2D eigenvalue weighted by Crippen LogP contribution is 2.74. The van der Waals surface area contributed by atoms with Gasteiger partial charge in [-0.05, 0) is 66.6 Å². The van der Waals surface area contributed by atoms with E-state index in [-0.39, 0.29) is 22.0 Å². The lowest BCUT2D eigenvalue weighted by molar-refractivity contribution is -0.314. The van der Waals surface area contributed by atoms with Crippen LogP contribution in [-0.2, 0) is 18.9 Å². The first-order valence-corrected chi connectivity index (χ1v) is 13.3. The molecule has 4 saturated carbocycles. The smallest absolute Gasteiger partial charge is 0.174 e. The summed E-state index contributed by atoms with van der Waals surface area (Å²) < 4.78 is 25.1.